The maximum absolute atomic E-state index is 2.72. The molecule has 10 rings (SSSR count). The number of anilines is 6. The molecular weight excluding hydrogens is 771 g/mol. The van der Waals surface area contributed by atoms with Crippen LogP contribution < -0.4 is 26.2 Å². The predicted molar refractivity (Wildman–Crippen MR) is 279 cm³/mol. The third kappa shape index (κ3) is 6.64. The molecule has 0 radical (unpaired) electrons. The van der Waals surface area contributed by atoms with Gasteiger partial charge in [-0.25, -0.2) is 0 Å². The molecule has 0 fully saturated rings. The van der Waals surface area contributed by atoms with E-state index in [4.69, 9.17) is 0 Å². The summed E-state index contributed by atoms with van der Waals surface area (Å²) < 4.78 is 0. The highest BCUT2D eigenvalue weighted by Crippen LogP contribution is 2.53. The van der Waals surface area contributed by atoms with Crippen molar-refractivity contribution in [1.29, 1.82) is 0 Å². The van der Waals surface area contributed by atoms with Crippen molar-refractivity contribution in [3.63, 3.8) is 0 Å². The standard InChI is InChI=1S/C61H71BN2/c1-38-21-23-41(56(2,3)4)32-50(38)64-51-31-40(39-19-17-16-18-20-39)22-26-48(51)62-49-36-46-47(61(14,15)30-29-60(46,12)13)37-52(49)63(53-33-42(57(5,6)7)34-54(64)55(53)62)43-24-25-44-45(35-43)59(10,11)28-27-58(44,8)9/h16-26,31-37H,27-30H2,1-15H3. The lowest BCUT2D eigenvalue weighted by Crippen LogP contribution is -2.62. The molecule has 0 atom stereocenters. The fourth-order valence-corrected chi connectivity index (χ4v) is 11.9. The van der Waals surface area contributed by atoms with E-state index in [1.807, 2.05) is 0 Å². The van der Waals surface area contributed by atoms with E-state index >= 15 is 0 Å². The van der Waals surface area contributed by atoms with E-state index in [0.717, 1.165) is 0 Å². The topological polar surface area (TPSA) is 6.48 Å². The first-order valence-electron chi connectivity index (χ1n) is 24.3. The lowest BCUT2D eigenvalue weighted by molar-refractivity contribution is 0.332. The maximum Gasteiger partial charge on any atom is 0.252 e. The van der Waals surface area contributed by atoms with Crippen LogP contribution in [-0.4, -0.2) is 6.71 Å². The van der Waals surface area contributed by atoms with E-state index in [9.17, 15) is 0 Å². The minimum atomic E-state index is -0.100. The van der Waals surface area contributed by atoms with Gasteiger partial charge in [0.05, 0.1) is 0 Å². The molecule has 0 saturated carbocycles. The number of hydrogen-bond donors (Lipinski definition) is 0. The first-order valence-corrected chi connectivity index (χ1v) is 24.3. The van der Waals surface area contributed by atoms with Crippen LogP contribution in [0.25, 0.3) is 11.1 Å². The minimum absolute atomic E-state index is 0.00756. The van der Waals surface area contributed by atoms with Crippen LogP contribution in [0.4, 0.5) is 34.1 Å². The van der Waals surface area contributed by atoms with Crippen molar-refractivity contribution in [2.24, 2.45) is 0 Å². The number of aryl methyl sites for hydroxylation is 1. The molecule has 0 saturated heterocycles. The van der Waals surface area contributed by atoms with Gasteiger partial charge in [0.25, 0.3) is 6.71 Å². The molecule has 3 heteroatoms. The van der Waals surface area contributed by atoms with Crippen LogP contribution in [0.1, 0.15) is 162 Å². The molecule has 6 aromatic rings. The van der Waals surface area contributed by atoms with E-state index < -0.39 is 0 Å². The molecule has 0 amide bonds. The van der Waals surface area contributed by atoms with Gasteiger partial charge in [-0.2, -0.15) is 0 Å². The maximum atomic E-state index is 2.72. The fourth-order valence-electron chi connectivity index (χ4n) is 11.9. The van der Waals surface area contributed by atoms with Crippen LogP contribution in [0.2, 0.25) is 0 Å². The fraction of sp³-hybridized carbons (Fsp3) is 0.410. The van der Waals surface area contributed by atoms with Crippen LogP contribution in [-0.2, 0) is 32.5 Å². The molecule has 2 aliphatic carbocycles. The zero-order valence-electron chi connectivity index (χ0n) is 41.7. The Morgan fingerprint density at radius 3 is 1.56 bits per heavy atom. The van der Waals surface area contributed by atoms with Crippen LogP contribution >= 0.6 is 0 Å². The molecule has 0 unspecified atom stereocenters. The van der Waals surface area contributed by atoms with Gasteiger partial charge in [-0.3, -0.25) is 0 Å². The molecule has 64 heavy (non-hydrogen) atoms. The lowest BCUT2D eigenvalue weighted by atomic mass is 9.33. The highest BCUT2D eigenvalue weighted by atomic mass is 15.2. The second-order valence-electron chi connectivity index (χ2n) is 24.9. The molecule has 2 nitrogen and oxygen atoms in total. The van der Waals surface area contributed by atoms with Crippen molar-refractivity contribution in [2.45, 2.75) is 162 Å². The van der Waals surface area contributed by atoms with Crippen molar-refractivity contribution in [3.05, 3.63) is 148 Å². The SMILES string of the molecule is Cc1ccc(C(C)(C)C)cc1N1c2cc(-c3ccccc3)ccc2B2c3cc4c(cc3N(c3ccc5c(c3)C(C)(C)CCC5(C)C)c3cc(C(C)(C)C)cc1c32)C(C)(C)CCC4(C)C. The highest BCUT2D eigenvalue weighted by Gasteiger charge is 2.48. The zero-order valence-corrected chi connectivity index (χ0v) is 41.7. The van der Waals surface area contributed by atoms with Gasteiger partial charge < -0.3 is 9.80 Å². The summed E-state index contributed by atoms with van der Waals surface area (Å²) in [5.74, 6) is 0. The Morgan fingerprint density at radius 1 is 0.422 bits per heavy atom. The molecule has 4 aliphatic rings. The Morgan fingerprint density at radius 2 is 0.953 bits per heavy atom. The second-order valence-corrected chi connectivity index (χ2v) is 24.9. The van der Waals surface area contributed by atoms with Crippen molar-refractivity contribution >= 4 is 57.2 Å². The second kappa shape index (κ2) is 14.0. The van der Waals surface area contributed by atoms with Crippen LogP contribution in [0.5, 0.6) is 0 Å². The van der Waals surface area contributed by atoms with Crippen molar-refractivity contribution in [1.82, 2.24) is 0 Å². The quantitative estimate of drug-likeness (QED) is 0.164. The largest absolute Gasteiger partial charge is 0.311 e. The summed E-state index contributed by atoms with van der Waals surface area (Å²) in [4.78, 5) is 5.39. The molecule has 0 spiro atoms. The van der Waals surface area contributed by atoms with E-state index in [1.54, 1.807) is 0 Å². The summed E-state index contributed by atoms with van der Waals surface area (Å²) in [6.07, 6.45) is 4.75. The van der Waals surface area contributed by atoms with Gasteiger partial charge in [-0.15, -0.1) is 0 Å². The van der Waals surface area contributed by atoms with Crippen LogP contribution in [0.15, 0.2) is 109 Å². The van der Waals surface area contributed by atoms with E-state index in [0.29, 0.717) is 0 Å². The third-order valence-corrected chi connectivity index (χ3v) is 16.4. The van der Waals surface area contributed by atoms with E-state index in [-0.39, 0.29) is 39.2 Å². The average molecular weight is 843 g/mol. The smallest absolute Gasteiger partial charge is 0.252 e. The number of hydrogen-bond acceptors (Lipinski definition) is 2. The summed E-state index contributed by atoms with van der Waals surface area (Å²) >= 11 is 0. The van der Waals surface area contributed by atoms with Gasteiger partial charge in [0, 0.05) is 34.1 Å². The predicted octanol–water partition coefficient (Wildman–Crippen LogP) is 15.0. The Balaban J connectivity index is 1.36. The Bertz CT molecular complexity index is 2880. The zero-order chi connectivity index (χ0) is 45.7. The number of fused-ring (bicyclic) bond motifs is 6. The number of benzene rings is 6. The van der Waals surface area contributed by atoms with Crippen LogP contribution in [0, 0.1) is 6.92 Å². The normalized spacial score (nSPS) is 18.7. The highest BCUT2D eigenvalue weighted by molar-refractivity contribution is 7.00. The van der Waals surface area contributed by atoms with Gasteiger partial charge in [-0.05, 0) is 174 Å². The minimum Gasteiger partial charge on any atom is -0.311 e. The molecule has 0 N–H and O–H groups in total. The van der Waals surface area contributed by atoms with Gasteiger partial charge in [0.2, 0.25) is 0 Å². The van der Waals surface area contributed by atoms with Crippen molar-refractivity contribution in [3.8, 4) is 11.1 Å². The number of nitrogens with zero attached hydrogens (tertiary/aromatic N) is 2. The van der Waals surface area contributed by atoms with E-state index in [2.05, 4.69) is 223 Å². The first kappa shape index (κ1) is 42.9. The van der Waals surface area contributed by atoms with Crippen molar-refractivity contribution < 1.29 is 0 Å². The monoisotopic (exact) mass is 843 g/mol. The molecule has 6 aromatic carbocycles. The summed E-state index contributed by atoms with van der Waals surface area (Å²) in [6.45, 7) is 36.4. The molecule has 2 aliphatic heterocycles. The van der Waals surface area contributed by atoms with Gasteiger partial charge in [0.1, 0.15) is 0 Å². The number of rotatable bonds is 3. The van der Waals surface area contributed by atoms with Gasteiger partial charge >= 0.3 is 0 Å². The average Bonchev–Trinajstić information content (AvgIpc) is 3.23. The van der Waals surface area contributed by atoms with Crippen molar-refractivity contribution in [2.75, 3.05) is 9.80 Å². The molecule has 0 aromatic heterocycles. The lowest BCUT2D eigenvalue weighted by Gasteiger charge is -2.48. The summed E-state index contributed by atoms with van der Waals surface area (Å²) in [5, 5.41) is 0. The van der Waals surface area contributed by atoms with Crippen LogP contribution in [0.3, 0.4) is 0 Å². The third-order valence-electron chi connectivity index (χ3n) is 16.4. The Kier molecular flexibility index (Phi) is 9.38. The molecule has 2 heterocycles. The van der Waals surface area contributed by atoms with Gasteiger partial charge in [0.15, 0.2) is 0 Å². The molecule has 328 valence electrons. The first-order chi connectivity index (χ1) is 29.9. The Hall–Kier alpha value is -5.02. The summed E-state index contributed by atoms with van der Waals surface area (Å²) in [5.41, 5.74) is 24.7. The Labute approximate surface area is 386 Å². The summed E-state index contributed by atoms with van der Waals surface area (Å²) in [7, 11) is 0. The molecule has 0 bridgehead atoms. The van der Waals surface area contributed by atoms with Gasteiger partial charge in [-0.1, -0.05) is 164 Å². The summed E-state index contributed by atoms with van der Waals surface area (Å²) in [6, 6.07) is 43.6. The molecular formula is C61H71BN2. The van der Waals surface area contributed by atoms with E-state index in [1.165, 1.54) is 126 Å².